The predicted molar refractivity (Wildman–Crippen MR) is 54.3 cm³/mol. The molecule has 1 saturated heterocycles. The van der Waals surface area contributed by atoms with Gasteiger partial charge in [0.15, 0.2) is 0 Å². The zero-order valence-corrected chi connectivity index (χ0v) is 8.33. The molecule has 0 bridgehead atoms. The van der Waals surface area contributed by atoms with Crippen molar-refractivity contribution in [3.63, 3.8) is 0 Å². The molecule has 1 unspecified atom stereocenters. The lowest BCUT2D eigenvalue weighted by Crippen LogP contribution is -2.30. The second-order valence-electron chi connectivity index (χ2n) is 3.04. The number of nitrogens with two attached hydrogens (primary N) is 1. The number of aromatic nitrogens is 3. The molecule has 0 spiro atoms. The number of nitrogen functional groups attached to an aromatic ring is 1. The minimum Gasteiger partial charge on any atom is -0.366 e. The molecule has 2 heterocycles. The summed E-state index contributed by atoms with van der Waals surface area (Å²) in [5.41, 5.74) is 8.09. The number of hydrogen-bond acceptors (Lipinski definition) is 5. The van der Waals surface area contributed by atoms with E-state index >= 15 is 0 Å². The molecule has 1 fully saturated rings. The molecule has 3 N–H and O–H groups in total. The van der Waals surface area contributed by atoms with Crippen LogP contribution in [0.5, 0.6) is 0 Å². The lowest BCUT2D eigenvalue weighted by Gasteiger charge is -2.10. The lowest BCUT2D eigenvalue weighted by atomic mass is 10.2. The minimum absolute atomic E-state index is 0.0287. The maximum Gasteiger partial charge on any atom is 0.252 e. The van der Waals surface area contributed by atoms with Gasteiger partial charge >= 0.3 is 0 Å². The van der Waals surface area contributed by atoms with Crippen molar-refractivity contribution in [1.29, 1.82) is 0 Å². The number of nitrogens with zero attached hydrogens (tertiary/aromatic N) is 3. The molecule has 0 radical (unpaired) electrons. The van der Waals surface area contributed by atoms with Gasteiger partial charge in [0, 0.05) is 0 Å². The molecule has 0 aromatic carbocycles. The molecule has 76 valence electrons. The molecule has 6 nitrogen and oxygen atoms in total. The number of rotatable bonds is 2. The average molecular weight is 213 g/mol. The molecule has 1 aromatic heterocycles. The van der Waals surface area contributed by atoms with Gasteiger partial charge in [0.2, 0.25) is 5.95 Å². The Morgan fingerprint density at radius 3 is 3.21 bits per heavy atom. The maximum absolute atomic E-state index is 11.6. The zero-order valence-electron chi connectivity index (χ0n) is 7.51. The van der Waals surface area contributed by atoms with Crippen LogP contribution in [0.4, 0.5) is 5.95 Å². The van der Waals surface area contributed by atoms with Crippen LogP contribution in [0.1, 0.15) is 12.8 Å². The van der Waals surface area contributed by atoms with Crippen LogP contribution in [-0.2, 0) is 4.79 Å². The van der Waals surface area contributed by atoms with E-state index < -0.39 is 0 Å². The molecule has 7 heteroatoms. The van der Waals surface area contributed by atoms with Crippen molar-refractivity contribution >= 4 is 23.6 Å². The summed E-state index contributed by atoms with van der Waals surface area (Å²) in [5, 5.41) is 7.17. The third kappa shape index (κ3) is 1.82. The zero-order chi connectivity index (χ0) is 9.97. The molecule has 1 amide bonds. The fourth-order valence-corrected chi connectivity index (χ4v) is 2.46. The van der Waals surface area contributed by atoms with E-state index in [1.54, 1.807) is 11.8 Å². The van der Waals surface area contributed by atoms with Crippen molar-refractivity contribution in [2.45, 2.75) is 18.1 Å². The number of thioether (sulfide) groups is 1. The van der Waals surface area contributed by atoms with E-state index in [9.17, 15) is 4.79 Å². The minimum atomic E-state index is -0.0287. The normalized spacial score (nSPS) is 21.0. The van der Waals surface area contributed by atoms with Crippen LogP contribution < -0.4 is 11.2 Å². The Labute approximate surface area is 85.2 Å². The Balaban J connectivity index is 1.97. The first-order valence-corrected chi connectivity index (χ1v) is 5.40. The third-order valence-electron chi connectivity index (χ3n) is 2.03. The van der Waals surface area contributed by atoms with E-state index in [0.717, 1.165) is 18.6 Å². The quantitative estimate of drug-likeness (QED) is 0.712. The Bertz CT molecular complexity index is 333. The molecular formula is C7H11N5OS. The van der Waals surface area contributed by atoms with E-state index in [1.165, 1.54) is 11.0 Å². The first-order chi connectivity index (χ1) is 6.77. The van der Waals surface area contributed by atoms with Crippen LogP contribution in [0.3, 0.4) is 0 Å². The van der Waals surface area contributed by atoms with Crippen LogP contribution in [0.25, 0.3) is 0 Å². The van der Waals surface area contributed by atoms with Crippen molar-refractivity contribution in [3.05, 3.63) is 6.33 Å². The monoisotopic (exact) mass is 213 g/mol. The number of nitrogens with one attached hydrogen (secondary N) is 1. The fraction of sp³-hybridized carbons (Fsp3) is 0.571. The highest BCUT2D eigenvalue weighted by Gasteiger charge is 2.23. The molecular weight excluding hydrogens is 202 g/mol. The topological polar surface area (TPSA) is 85.8 Å². The van der Waals surface area contributed by atoms with Gasteiger partial charge in [0.1, 0.15) is 6.33 Å². The number of carbonyl (C=O) groups is 1. The van der Waals surface area contributed by atoms with Gasteiger partial charge in [-0.15, -0.1) is 22.0 Å². The molecule has 1 aliphatic heterocycles. The van der Waals surface area contributed by atoms with Gasteiger partial charge in [-0.3, -0.25) is 10.2 Å². The molecule has 0 saturated carbocycles. The van der Waals surface area contributed by atoms with Gasteiger partial charge in [0.25, 0.3) is 5.91 Å². The Morgan fingerprint density at radius 2 is 2.64 bits per heavy atom. The van der Waals surface area contributed by atoms with Gasteiger partial charge in [-0.1, -0.05) is 0 Å². The Kier molecular flexibility index (Phi) is 2.58. The van der Waals surface area contributed by atoms with E-state index in [4.69, 9.17) is 5.73 Å². The number of carbonyl (C=O) groups excluding carboxylic acids is 1. The van der Waals surface area contributed by atoms with Crippen molar-refractivity contribution in [1.82, 2.24) is 14.9 Å². The summed E-state index contributed by atoms with van der Waals surface area (Å²) in [5.74, 6) is 1.22. The summed E-state index contributed by atoms with van der Waals surface area (Å²) in [7, 11) is 0. The summed E-state index contributed by atoms with van der Waals surface area (Å²) < 4.78 is 1.33. The Morgan fingerprint density at radius 1 is 1.79 bits per heavy atom. The van der Waals surface area contributed by atoms with Crippen LogP contribution in [0.2, 0.25) is 0 Å². The lowest BCUT2D eigenvalue weighted by molar-refractivity contribution is -0.116. The Hall–Kier alpha value is -1.24. The number of anilines is 1. The van der Waals surface area contributed by atoms with Gasteiger partial charge < -0.3 is 5.73 Å². The van der Waals surface area contributed by atoms with E-state index in [2.05, 4.69) is 15.6 Å². The summed E-state index contributed by atoms with van der Waals surface area (Å²) >= 11 is 1.67. The summed E-state index contributed by atoms with van der Waals surface area (Å²) in [4.78, 5) is 11.6. The summed E-state index contributed by atoms with van der Waals surface area (Å²) in [6.45, 7) is 0. The molecule has 14 heavy (non-hydrogen) atoms. The molecule has 1 aromatic rings. The smallest absolute Gasteiger partial charge is 0.252 e. The van der Waals surface area contributed by atoms with Gasteiger partial charge in [0.05, 0.1) is 5.25 Å². The second kappa shape index (κ2) is 3.87. The fourth-order valence-electron chi connectivity index (χ4n) is 1.31. The van der Waals surface area contributed by atoms with Crippen LogP contribution in [0, 0.1) is 0 Å². The van der Waals surface area contributed by atoms with Crippen molar-refractivity contribution in [3.8, 4) is 0 Å². The second-order valence-corrected chi connectivity index (χ2v) is 4.35. The van der Waals surface area contributed by atoms with Gasteiger partial charge in [-0.2, -0.15) is 0 Å². The predicted octanol–water partition coefficient (Wildman–Crippen LogP) is -0.174. The first kappa shape index (κ1) is 9.32. The summed E-state index contributed by atoms with van der Waals surface area (Å²) in [6, 6.07) is 0. The van der Waals surface area contributed by atoms with Gasteiger partial charge in [-0.25, -0.2) is 4.68 Å². The van der Waals surface area contributed by atoms with E-state index in [1.807, 2.05) is 0 Å². The van der Waals surface area contributed by atoms with Crippen LogP contribution in [-0.4, -0.2) is 31.8 Å². The highest BCUT2D eigenvalue weighted by Crippen LogP contribution is 2.26. The number of amides is 1. The molecule has 0 aliphatic carbocycles. The van der Waals surface area contributed by atoms with Crippen molar-refractivity contribution in [2.24, 2.45) is 0 Å². The number of hydrogen-bond donors (Lipinski definition) is 2. The largest absolute Gasteiger partial charge is 0.366 e. The van der Waals surface area contributed by atoms with Gasteiger partial charge in [-0.05, 0) is 18.6 Å². The van der Waals surface area contributed by atoms with Crippen molar-refractivity contribution < 1.29 is 4.79 Å². The highest BCUT2D eigenvalue weighted by molar-refractivity contribution is 8.00. The highest BCUT2D eigenvalue weighted by atomic mass is 32.2. The third-order valence-corrected chi connectivity index (χ3v) is 3.40. The van der Waals surface area contributed by atoms with E-state index in [-0.39, 0.29) is 17.1 Å². The summed E-state index contributed by atoms with van der Waals surface area (Å²) in [6.07, 6.45) is 3.41. The molecule has 1 aliphatic rings. The van der Waals surface area contributed by atoms with Crippen LogP contribution in [0.15, 0.2) is 6.33 Å². The molecule has 1 atom stereocenters. The standard InChI is InChI=1S/C7H11N5OS/c8-7-10-9-4-12(7)11-6(13)5-2-1-3-14-5/h4-5H,1-3H2,(H2,8,10)(H,11,13). The SMILES string of the molecule is Nc1nncn1NC(=O)C1CCCS1. The first-order valence-electron chi connectivity index (χ1n) is 4.35. The average Bonchev–Trinajstić information content (AvgIpc) is 2.77. The van der Waals surface area contributed by atoms with Crippen molar-refractivity contribution in [2.75, 3.05) is 16.9 Å². The molecule has 2 rings (SSSR count). The maximum atomic E-state index is 11.6. The van der Waals surface area contributed by atoms with E-state index in [0.29, 0.717) is 0 Å². The van der Waals surface area contributed by atoms with Crippen LogP contribution >= 0.6 is 11.8 Å².